The molecule has 0 saturated carbocycles. The molecule has 0 amide bonds. The van der Waals surface area contributed by atoms with E-state index in [0.717, 1.165) is 15.9 Å². The van der Waals surface area contributed by atoms with Crippen LogP contribution in [0.5, 0.6) is 11.5 Å². The highest BCUT2D eigenvalue weighted by Gasteiger charge is 2.16. The summed E-state index contributed by atoms with van der Waals surface area (Å²) in [5.41, 5.74) is 0.973. The molecule has 0 radical (unpaired) electrons. The number of nitrogens with zero attached hydrogens (tertiary/aromatic N) is 2. The zero-order valence-corrected chi connectivity index (χ0v) is 11.0. The normalized spacial score (nSPS) is 13.1. The van der Waals surface area contributed by atoms with Crippen molar-refractivity contribution >= 4 is 27.5 Å². The minimum absolute atomic E-state index is 0.256. The maximum Gasteiger partial charge on any atom is 0.231 e. The molecule has 1 aromatic heterocycles. The average molecular weight is 316 g/mol. The number of benzene rings is 1. The molecule has 2 aromatic rings. The van der Waals surface area contributed by atoms with Crippen LogP contribution in [0.2, 0.25) is 5.02 Å². The second-order valence-corrected chi connectivity index (χ2v) is 4.89. The van der Waals surface area contributed by atoms with Crippen molar-refractivity contribution in [3.8, 4) is 11.5 Å². The van der Waals surface area contributed by atoms with Crippen LogP contribution < -0.4 is 9.47 Å². The molecule has 0 aliphatic carbocycles. The third kappa shape index (κ3) is 2.12. The predicted molar refractivity (Wildman–Crippen MR) is 66.6 cm³/mol. The molecular weight excluding hydrogens is 307 g/mol. The maximum atomic E-state index is 6.18. The van der Waals surface area contributed by atoms with Crippen LogP contribution in [0.4, 0.5) is 0 Å². The van der Waals surface area contributed by atoms with Crippen LogP contribution in [-0.2, 0) is 6.54 Å². The van der Waals surface area contributed by atoms with Gasteiger partial charge in [-0.15, -0.1) is 0 Å². The number of halogens is 2. The van der Waals surface area contributed by atoms with E-state index in [1.807, 2.05) is 16.8 Å². The van der Waals surface area contributed by atoms with Gasteiger partial charge in [-0.25, -0.2) is 4.98 Å². The molecule has 88 valence electrons. The number of aromatic nitrogens is 2. The molecule has 0 bridgehead atoms. The predicted octanol–water partition coefficient (Wildman–Crippen LogP) is 3.08. The van der Waals surface area contributed by atoms with Gasteiger partial charge in [-0.3, -0.25) is 0 Å². The molecule has 1 aliphatic rings. The SMILES string of the molecule is Clc1cc2c(cc1Cn1cnc(Br)c1)OCO2. The van der Waals surface area contributed by atoms with Crippen LogP contribution in [0.1, 0.15) is 5.56 Å². The van der Waals surface area contributed by atoms with E-state index in [2.05, 4.69) is 20.9 Å². The summed E-state index contributed by atoms with van der Waals surface area (Å²) in [5, 5.41) is 0.666. The van der Waals surface area contributed by atoms with Crippen LogP contribution in [0.25, 0.3) is 0 Å². The molecule has 0 spiro atoms. The summed E-state index contributed by atoms with van der Waals surface area (Å²) in [7, 11) is 0. The number of hydrogen-bond acceptors (Lipinski definition) is 3. The highest BCUT2D eigenvalue weighted by atomic mass is 79.9. The van der Waals surface area contributed by atoms with Crippen molar-refractivity contribution in [2.45, 2.75) is 6.54 Å². The molecule has 0 N–H and O–H groups in total. The fraction of sp³-hybridized carbons (Fsp3) is 0.182. The number of rotatable bonds is 2. The van der Waals surface area contributed by atoms with Crippen LogP contribution in [0, 0.1) is 0 Å². The summed E-state index contributed by atoms with van der Waals surface area (Å²) in [4.78, 5) is 4.10. The minimum atomic E-state index is 0.256. The van der Waals surface area contributed by atoms with Crippen molar-refractivity contribution in [3.05, 3.63) is 39.8 Å². The minimum Gasteiger partial charge on any atom is -0.454 e. The van der Waals surface area contributed by atoms with Gasteiger partial charge < -0.3 is 14.0 Å². The highest BCUT2D eigenvalue weighted by molar-refractivity contribution is 9.10. The summed E-state index contributed by atoms with van der Waals surface area (Å²) < 4.78 is 13.3. The summed E-state index contributed by atoms with van der Waals surface area (Å²) in [6, 6.07) is 3.68. The van der Waals surface area contributed by atoms with Crippen molar-refractivity contribution in [1.29, 1.82) is 0 Å². The van der Waals surface area contributed by atoms with Crippen molar-refractivity contribution in [2.75, 3.05) is 6.79 Å². The molecule has 1 aromatic carbocycles. The smallest absolute Gasteiger partial charge is 0.231 e. The third-order valence-corrected chi connectivity index (χ3v) is 3.26. The largest absolute Gasteiger partial charge is 0.454 e. The molecule has 4 nitrogen and oxygen atoms in total. The number of imidazole rings is 1. The van der Waals surface area contributed by atoms with Gasteiger partial charge in [0.2, 0.25) is 6.79 Å². The van der Waals surface area contributed by atoms with Gasteiger partial charge in [-0.05, 0) is 27.6 Å². The van der Waals surface area contributed by atoms with E-state index in [9.17, 15) is 0 Å². The van der Waals surface area contributed by atoms with E-state index in [1.165, 1.54) is 0 Å². The zero-order valence-electron chi connectivity index (χ0n) is 8.69. The molecule has 0 unspecified atom stereocenters. The van der Waals surface area contributed by atoms with Gasteiger partial charge in [0.15, 0.2) is 11.5 Å². The van der Waals surface area contributed by atoms with Gasteiger partial charge in [0.25, 0.3) is 0 Å². The molecule has 0 fully saturated rings. The number of fused-ring (bicyclic) bond motifs is 1. The molecule has 0 atom stereocenters. The Labute approximate surface area is 111 Å². The van der Waals surface area contributed by atoms with Crippen LogP contribution in [-0.4, -0.2) is 16.3 Å². The Morgan fingerprint density at radius 1 is 1.35 bits per heavy atom. The molecule has 0 saturated heterocycles. The Kier molecular flexibility index (Phi) is 2.72. The first-order valence-electron chi connectivity index (χ1n) is 4.97. The van der Waals surface area contributed by atoms with E-state index < -0.39 is 0 Å². The molecular formula is C11H8BrClN2O2. The fourth-order valence-electron chi connectivity index (χ4n) is 1.70. The number of hydrogen-bond donors (Lipinski definition) is 0. The van der Waals surface area contributed by atoms with Crippen LogP contribution >= 0.6 is 27.5 Å². The maximum absolute atomic E-state index is 6.18. The Balaban J connectivity index is 1.93. The lowest BCUT2D eigenvalue weighted by atomic mass is 10.2. The van der Waals surface area contributed by atoms with Gasteiger partial charge >= 0.3 is 0 Å². The fourth-order valence-corrected chi connectivity index (χ4v) is 2.26. The van der Waals surface area contributed by atoms with Crippen molar-refractivity contribution < 1.29 is 9.47 Å². The first-order valence-corrected chi connectivity index (χ1v) is 6.15. The topological polar surface area (TPSA) is 36.3 Å². The second kappa shape index (κ2) is 4.23. The third-order valence-electron chi connectivity index (χ3n) is 2.50. The lowest BCUT2D eigenvalue weighted by Crippen LogP contribution is -1.97. The number of ether oxygens (including phenoxy) is 2. The molecule has 17 heavy (non-hydrogen) atoms. The van der Waals surface area contributed by atoms with Gasteiger partial charge in [-0.1, -0.05) is 11.6 Å². The first-order chi connectivity index (χ1) is 8.22. The monoisotopic (exact) mass is 314 g/mol. The highest BCUT2D eigenvalue weighted by Crippen LogP contribution is 2.37. The van der Waals surface area contributed by atoms with E-state index in [0.29, 0.717) is 17.3 Å². The lowest BCUT2D eigenvalue weighted by Gasteiger charge is -2.06. The van der Waals surface area contributed by atoms with Crippen molar-refractivity contribution in [2.24, 2.45) is 0 Å². The van der Waals surface area contributed by atoms with Gasteiger partial charge in [0.05, 0.1) is 12.9 Å². The van der Waals surface area contributed by atoms with Crippen LogP contribution in [0.15, 0.2) is 29.3 Å². The standard InChI is InChI=1S/C11H8BrClN2O2/c12-11-4-15(5-14-11)3-7-1-9-10(2-8(7)13)17-6-16-9/h1-2,4-5H,3,6H2. The summed E-state index contributed by atoms with van der Waals surface area (Å²) in [6.45, 7) is 0.903. The quantitative estimate of drug-likeness (QED) is 0.854. The zero-order chi connectivity index (χ0) is 11.8. The van der Waals surface area contributed by atoms with E-state index in [4.69, 9.17) is 21.1 Å². The molecule has 1 aliphatic heterocycles. The van der Waals surface area contributed by atoms with Crippen molar-refractivity contribution in [1.82, 2.24) is 9.55 Å². The Bertz CT molecular complexity index is 571. The average Bonchev–Trinajstić information content (AvgIpc) is 2.88. The van der Waals surface area contributed by atoms with E-state index >= 15 is 0 Å². The second-order valence-electron chi connectivity index (χ2n) is 3.67. The summed E-state index contributed by atoms with van der Waals surface area (Å²) in [5.74, 6) is 1.44. The van der Waals surface area contributed by atoms with Crippen molar-refractivity contribution in [3.63, 3.8) is 0 Å². The van der Waals surface area contributed by atoms with E-state index in [1.54, 1.807) is 12.4 Å². The Morgan fingerprint density at radius 3 is 2.82 bits per heavy atom. The summed E-state index contributed by atoms with van der Waals surface area (Å²) >= 11 is 9.49. The summed E-state index contributed by atoms with van der Waals surface area (Å²) in [6.07, 6.45) is 3.63. The molecule has 6 heteroatoms. The van der Waals surface area contributed by atoms with Gasteiger partial charge in [0, 0.05) is 17.3 Å². The lowest BCUT2D eigenvalue weighted by molar-refractivity contribution is 0.174. The Hall–Kier alpha value is -1.20. The Morgan fingerprint density at radius 2 is 2.12 bits per heavy atom. The van der Waals surface area contributed by atoms with Gasteiger partial charge in [-0.2, -0.15) is 0 Å². The molecule has 2 heterocycles. The van der Waals surface area contributed by atoms with Gasteiger partial charge in [0.1, 0.15) is 4.60 Å². The molecule has 3 rings (SSSR count). The first kappa shape index (κ1) is 10.9. The van der Waals surface area contributed by atoms with E-state index in [-0.39, 0.29) is 6.79 Å². The van der Waals surface area contributed by atoms with Crippen LogP contribution in [0.3, 0.4) is 0 Å².